The second-order valence-electron chi connectivity index (χ2n) is 7.53. The number of carbonyl (C=O) groups is 1. The van der Waals surface area contributed by atoms with Gasteiger partial charge in [-0.25, -0.2) is 0 Å². The van der Waals surface area contributed by atoms with E-state index in [4.69, 9.17) is 4.74 Å². The summed E-state index contributed by atoms with van der Waals surface area (Å²) in [6.45, 7) is 5.49. The first-order valence-electron chi connectivity index (χ1n) is 10.3. The van der Waals surface area contributed by atoms with Crippen LogP contribution in [-0.4, -0.2) is 41.5 Å². The van der Waals surface area contributed by atoms with E-state index in [2.05, 4.69) is 39.5 Å². The van der Waals surface area contributed by atoms with Gasteiger partial charge in [-0.2, -0.15) is 0 Å². The van der Waals surface area contributed by atoms with Crippen LogP contribution in [0.1, 0.15) is 24.5 Å². The fraction of sp³-hybridized carbons (Fsp3) is 0.333. The highest BCUT2D eigenvalue weighted by atomic mass is 16.5. The van der Waals surface area contributed by atoms with Gasteiger partial charge in [-0.05, 0) is 43.0 Å². The Morgan fingerprint density at radius 1 is 1.14 bits per heavy atom. The monoisotopic (exact) mass is 389 g/mol. The largest absolute Gasteiger partial charge is 0.479 e. The third-order valence-electron chi connectivity index (χ3n) is 5.43. The van der Waals surface area contributed by atoms with E-state index in [0.29, 0.717) is 12.3 Å². The number of nitrogens with one attached hydrogen (secondary N) is 1. The van der Waals surface area contributed by atoms with Crippen LogP contribution in [0.3, 0.4) is 0 Å². The molecule has 1 aliphatic rings. The third-order valence-corrected chi connectivity index (χ3v) is 5.43. The lowest BCUT2D eigenvalue weighted by Gasteiger charge is -2.28. The van der Waals surface area contributed by atoms with Gasteiger partial charge in [0.15, 0.2) is 6.10 Å². The van der Waals surface area contributed by atoms with Crippen molar-refractivity contribution >= 4 is 16.8 Å². The molecule has 1 aliphatic heterocycles. The van der Waals surface area contributed by atoms with Crippen molar-refractivity contribution in [3.63, 3.8) is 0 Å². The highest BCUT2D eigenvalue weighted by Gasteiger charge is 2.17. The number of hydrogen-bond donors (Lipinski definition) is 1. The predicted octanol–water partition coefficient (Wildman–Crippen LogP) is 3.57. The zero-order valence-electron chi connectivity index (χ0n) is 16.8. The quantitative estimate of drug-likeness (QED) is 0.628. The van der Waals surface area contributed by atoms with Crippen molar-refractivity contribution in [3.05, 3.63) is 71.9 Å². The summed E-state index contributed by atoms with van der Waals surface area (Å²) in [6, 6.07) is 18.3. The smallest absolute Gasteiger partial charge is 0.260 e. The summed E-state index contributed by atoms with van der Waals surface area (Å²) in [6.07, 6.45) is 3.20. The van der Waals surface area contributed by atoms with Gasteiger partial charge in [0.05, 0.1) is 0 Å². The number of ether oxygens (including phenoxy) is 1. The van der Waals surface area contributed by atoms with Gasteiger partial charge in [0, 0.05) is 37.8 Å². The zero-order valence-corrected chi connectivity index (χ0v) is 16.8. The summed E-state index contributed by atoms with van der Waals surface area (Å²) in [5.41, 5.74) is 3.67. The molecule has 2 aromatic carbocycles. The Morgan fingerprint density at radius 3 is 2.86 bits per heavy atom. The number of aromatic nitrogens is 1. The molecule has 1 N–H and O–H groups in total. The third kappa shape index (κ3) is 4.74. The van der Waals surface area contributed by atoms with Gasteiger partial charge >= 0.3 is 0 Å². The summed E-state index contributed by atoms with van der Waals surface area (Å²) in [4.78, 5) is 19.3. The molecule has 1 atom stereocenters. The molecule has 5 nitrogen and oxygen atoms in total. The molecule has 2 heterocycles. The van der Waals surface area contributed by atoms with Gasteiger partial charge in [0.2, 0.25) is 0 Å². The van der Waals surface area contributed by atoms with Crippen molar-refractivity contribution in [2.45, 2.75) is 32.4 Å². The van der Waals surface area contributed by atoms with E-state index < -0.39 is 6.10 Å². The van der Waals surface area contributed by atoms with Gasteiger partial charge < -0.3 is 10.1 Å². The lowest BCUT2D eigenvalue weighted by atomic mass is 10.00. The Morgan fingerprint density at radius 2 is 1.97 bits per heavy atom. The molecule has 0 spiro atoms. The summed E-state index contributed by atoms with van der Waals surface area (Å²) in [5.74, 6) is 0.541. The maximum Gasteiger partial charge on any atom is 0.260 e. The molecule has 150 valence electrons. The molecule has 0 bridgehead atoms. The molecule has 0 aliphatic carbocycles. The first kappa shape index (κ1) is 19.4. The fourth-order valence-corrected chi connectivity index (χ4v) is 3.82. The van der Waals surface area contributed by atoms with Crippen LogP contribution in [0.5, 0.6) is 5.75 Å². The average molecular weight is 389 g/mol. The minimum atomic E-state index is -0.565. The maximum atomic E-state index is 12.4. The summed E-state index contributed by atoms with van der Waals surface area (Å²) in [7, 11) is 0. The minimum absolute atomic E-state index is 0.0954. The minimum Gasteiger partial charge on any atom is -0.479 e. The number of carbonyl (C=O) groups excluding carboxylic acids is 1. The normalized spacial score (nSPS) is 14.9. The lowest BCUT2D eigenvalue weighted by molar-refractivity contribution is -0.127. The van der Waals surface area contributed by atoms with Crippen LogP contribution in [0.2, 0.25) is 0 Å². The number of amides is 1. The van der Waals surface area contributed by atoms with Crippen molar-refractivity contribution < 1.29 is 9.53 Å². The first-order chi connectivity index (χ1) is 14.2. The van der Waals surface area contributed by atoms with Gasteiger partial charge in [0.25, 0.3) is 5.91 Å². The Bertz CT molecular complexity index is 983. The van der Waals surface area contributed by atoms with E-state index in [1.54, 1.807) is 13.1 Å². The number of pyridine rings is 1. The van der Waals surface area contributed by atoms with Gasteiger partial charge in [-0.3, -0.25) is 14.7 Å². The van der Waals surface area contributed by atoms with E-state index in [-0.39, 0.29) is 5.91 Å². The Hall–Kier alpha value is -2.92. The first-order valence-corrected chi connectivity index (χ1v) is 10.3. The molecule has 4 rings (SSSR count). The molecule has 0 saturated heterocycles. The van der Waals surface area contributed by atoms with E-state index in [9.17, 15) is 4.79 Å². The summed E-state index contributed by atoms with van der Waals surface area (Å²) >= 11 is 0. The SMILES string of the molecule is C[C@H](Oc1cccc2cccnc12)C(=O)NCCCN1CCc2ccccc2C1. The molecule has 5 heteroatoms. The topological polar surface area (TPSA) is 54.5 Å². The van der Waals surface area contributed by atoms with Crippen molar-refractivity contribution in [2.24, 2.45) is 0 Å². The van der Waals surface area contributed by atoms with Crippen molar-refractivity contribution in [3.8, 4) is 5.75 Å². The number of hydrogen-bond acceptors (Lipinski definition) is 4. The Kier molecular flexibility index (Phi) is 6.06. The van der Waals surface area contributed by atoms with Crippen molar-refractivity contribution in [1.29, 1.82) is 0 Å². The predicted molar refractivity (Wildman–Crippen MR) is 115 cm³/mol. The van der Waals surface area contributed by atoms with Gasteiger partial charge in [0.1, 0.15) is 11.3 Å². The number of para-hydroxylation sites is 1. The molecule has 0 fully saturated rings. The average Bonchev–Trinajstić information content (AvgIpc) is 2.76. The zero-order chi connectivity index (χ0) is 20.1. The Labute approximate surface area is 171 Å². The van der Waals surface area contributed by atoms with E-state index in [1.807, 2.05) is 30.3 Å². The fourth-order valence-electron chi connectivity index (χ4n) is 3.82. The second kappa shape index (κ2) is 9.05. The summed E-state index contributed by atoms with van der Waals surface area (Å²) < 4.78 is 5.89. The van der Waals surface area contributed by atoms with Crippen LogP contribution in [0.4, 0.5) is 0 Å². The standard InChI is InChI=1S/C24H27N3O2/c1-18(29-22-11-4-9-20-10-5-13-25-23(20)22)24(28)26-14-6-15-27-16-12-19-7-2-3-8-21(19)17-27/h2-5,7-11,13,18H,6,12,14-17H2,1H3,(H,26,28)/t18-/m0/s1. The molecule has 1 aromatic heterocycles. The number of rotatable bonds is 7. The Balaban J connectivity index is 1.23. The lowest BCUT2D eigenvalue weighted by Crippen LogP contribution is -2.38. The number of fused-ring (bicyclic) bond motifs is 2. The van der Waals surface area contributed by atoms with E-state index in [0.717, 1.165) is 43.4 Å². The molecular formula is C24H27N3O2. The van der Waals surface area contributed by atoms with Crippen LogP contribution in [0.25, 0.3) is 10.9 Å². The van der Waals surface area contributed by atoms with E-state index >= 15 is 0 Å². The molecule has 0 unspecified atom stereocenters. The molecule has 1 amide bonds. The maximum absolute atomic E-state index is 12.4. The molecule has 0 saturated carbocycles. The molecule has 0 radical (unpaired) electrons. The van der Waals surface area contributed by atoms with Crippen LogP contribution in [-0.2, 0) is 17.8 Å². The van der Waals surface area contributed by atoms with Crippen molar-refractivity contribution in [2.75, 3.05) is 19.6 Å². The molecule has 3 aromatic rings. The van der Waals surface area contributed by atoms with Crippen LogP contribution in [0.15, 0.2) is 60.8 Å². The van der Waals surface area contributed by atoms with Gasteiger partial charge in [-0.15, -0.1) is 0 Å². The van der Waals surface area contributed by atoms with Crippen LogP contribution < -0.4 is 10.1 Å². The highest BCUT2D eigenvalue weighted by Crippen LogP contribution is 2.24. The molecular weight excluding hydrogens is 362 g/mol. The van der Waals surface area contributed by atoms with Crippen LogP contribution >= 0.6 is 0 Å². The van der Waals surface area contributed by atoms with Gasteiger partial charge in [-0.1, -0.05) is 42.5 Å². The summed E-state index contributed by atoms with van der Waals surface area (Å²) in [5, 5.41) is 4.00. The highest BCUT2D eigenvalue weighted by molar-refractivity contribution is 5.85. The molecule has 29 heavy (non-hydrogen) atoms. The van der Waals surface area contributed by atoms with E-state index in [1.165, 1.54) is 11.1 Å². The van der Waals surface area contributed by atoms with Crippen molar-refractivity contribution in [1.82, 2.24) is 15.2 Å². The number of benzene rings is 2. The van der Waals surface area contributed by atoms with Crippen LogP contribution in [0, 0.1) is 0 Å². The second-order valence-corrected chi connectivity index (χ2v) is 7.53. The number of nitrogens with zero attached hydrogens (tertiary/aromatic N) is 2.